The number of aromatic nitrogens is 1. The summed E-state index contributed by atoms with van der Waals surface area (Å²) in [7, 11) is 0. The fraction of sp³-hybridized carbons (Fsp3) is 0.0769. The van der Waals surface area contributed by atoms with Gasteiger partial charge in [0.1, 0.15) is 0 Å². The zero-order valence-corrected chi connectivity index (χ0v) is 10.2. The highest BCUT2D eigenvalue weighted by molar-refractivity contribution is 6.33. The molecule has 18 heavy (non-hydrogen) atoms. The standard InChI is InChI=1S/C13H11ClN2O2/c14-12-8-15-7-6-11(12)13(17)16-18-9-10-4-2-1-3-5-10/h1-8H,9H2,(H,16,17). The van der Waals surface area contributed by atoms with Crippen molar-refractivity contribution < 1.29 is 9.63 Å². The summed E-state index contributed by atoms with van der Waals surface area (Å²) >= 11 is 5.84. The minimum atomic E-state index is -0.390. The van der Waals surface area contributed by atoms with Crippen LogP contribution in [-0.2, 0) is 11.4 Å². The fourth-order valence-electron chi connectivity index (χ4n) is 1.37. The van der Waals surface area contributed by atoms with Gasteiger partial charge in [0.05, 0.1) is 17.2 Å². The Balaban J connectivity index is 1.88. The van der Waals surface area contributed by atoms with Gasteiger partial charge in [-0.05, 0) is 11.6 Å². The molecule has 4 nitrogen and oxygen atoms in total. The van der Waals surface area contributed by atoms with E-state index in [4.69, 9.17) is 16.4 Å². The molecule has 1 heterocycles. The van der Waals surface area contributed by atoms with Crippen LogP contribution in [0.3, 0.4) is 0 Å². The molecule has 92 valence electrons. The molecule has 0 aliphatic rings. The van der Waals surface area contributed by atoms with Crippen molar-refractivity contribution in [2.45, 2.75) is 6.61 Å². The second-order valence-corrected chi connectivity index (χ2v) is 3.97. The van der Waals surface area contributed by atoms with Crippen molar-refractivity contribution in [1.82, 2.24) is 10.5 Å². The van der Waals surface area contributed by atoms with E-state index in [1.807, 2.05) is 30.3 Å². The maximum Gasteiger partial charge on any atom is 0.276 e. The number of nitrogens with one attached hydrogen (secondary N) is 1. The van der Waals surface area contributed by atoms with Crippen LogP contribution in [0.15, 0.2) is 48.8 Å². The molecule has 5 heteroatoms. The van der Waals surface area contributed by atoms with Crippen molar-refractivity contribution in [2.24, 2.45) is 0 Å². The molecule has 0 aliphatic heterocycles. The van der Waals surface area contributed by atoms with Crippen LogP contribution < -0.4 is 5.48 Å². The van der Waals surface area contributed by atoms with E-state index in [0.717, 1.165) is 5.56 Å². The highest BCUT2D eigenvalue weighted by atomic mass is 35.5. The Morgan fingerprint density at radius 3 is 2.78 bits per heavy atom. The summed E-state index contributed by atoms with van der Waals surface area (Å²) in [6.07, 6.45) is 2.91. The highest BCUT2D eigenvalue weighted by Crippen LogP contribution is 2.12. The number of rotatable bonds is 4. The number of amides is 1. The number of hydrogen-bond donors (Lipinski definition) is 1. The van der Waals surface area contributed by atoms with Gasteiger partial charge >= 0.3 is 0 Å². The second kappa shape index (κ2) is 6.14. The van der Waals surface area contributed by atoms with Gasteiger partial charge in [0.2, 0.25) is 0 Å². The number of pyridine rings is 1. The zero-order chi connectivity index (χ0) is 12.8. The molecule has 2 rings (SSSR count). The van der Waals surface area contributed by atoms with Gasteiger partial charge in [0.15, 0.2) is 0 Å². The first-order chi connectivity index (χ1) is 8.77. The second-order valence-electron chi connectivity index (χ2n) is 3.56. The number of hydrogen-bond acceptors (Lipinski definition) is 3. The van der Waals surface area contributed by atoms with E-state index in [1.165, 1.54) is 18.5 Å². The molecule has 0 fully saturated rings. The summed E-state index contributed by atoms with van der Waals surface area (Å²) in [5, 5.41) is 0.290. The summed E-state index contributed by atoms with van der Waals surface area (Å²) in [5.41, 5.74) is 3.64. The number of hydroxylamine groups is 1. The van der Waals surface area contributed by atoms with Gasteiger partial charge in [-0.15, -0.1) is 0 Å². The Morgan fingerprint density at radius 1 is 1.28 bits per heavy atom. The summed E-state index contributed by atoms with van der Waals surface area (Å²) < 4.78 is 0. The van der Waals surface area contributed by atoms with E-state index < -0.39 is 5.91 Å². The summed E-state index contributed by atoms with van der Waals surface area (Å²) in [5.74, 6) is -0.390. The van der Waals surface area contributed by atoms with E-state index in [0.29, 0.717) is 17.2 Å². The van der Waals surface area contributed by atoms with E-state index in [-0.39, 0.29) is 0 Å². The van der Waals surface area contributed by atoms with Crippen LogP contribution in [0.1, 0.15) is 15.9 Å². The molecule has 0 bridgehead atoms. The largest absolute Gasteiger partial charge is 0.276 e. The van der Waals surface area contributed by atoms with Crippen molar-refractivity contribution in [1.29, 1.82) is 0 Å². The van der Waals surface area contributed by atoms with Crippen LogP contribution in [0.5, 0.6) is 0 Å². The van der Waals surface area contributed by atoms with Gasteiger partial charge in [-0.3, -0.25) is 14.6 Å². The van der Waals surface area contributed by atoms with Gasteiger partial charge in [0.25, 0.3) is 5.91 Å². The Hall–Kier alpha value is -1.91. The fourth-order valence-corrected chi connectivity index (χ4v) is 1.58. The SMILES string of the molecule is O=C(NOCc1ccccc1)c1ccncc1Cl. The molecule has 1 amide bonds. The molecule has 0 saturated heterocycles. The third kappa shape index (κ3) is 3.29. The third-order valence-corrected chi connectivity index (χ3v) is 2.56. The van der Waals surface area contributed by atoms with Gasteiger partial charge in [0, 0.05) is 12.4 Å². The maximum atomic E-state index is 11.7. The highest BCUT2D eigenvalue weighted by Gasteiger charge is 2.09. The van der Waals surface area contributed by atoms with Crippen molar-refractivity contribution in [3.63, 3.8) is 0 Å². The third-order valence-electron chi connectivity index (χ3n) is 2.26. The molecular formula is C13H11ClN2O2. The number of carbonyl (C=O) groups excluding carboxylic acids is 1. The molecule has 1 aromatic heterocycles. The van der Waals surface area contributed by atoms with Gasteiger partial charge in [-0.1, -0.05) is 41.9 Å². The van der Waals surface area contributed by atoms with Crippen LogP contribution in [-0.4, -0.2) is 10.9 Å². The maximum absolute atomic E-state index is 11.7. The molecule has 0 saturated carbocycles. The number of nitrogens with zero attached hydrogens (tertiary/aromatic N) is 1. The van der Waals surface area contributed by atoms with Crippen LogP contribution in [0.2, 0.25) is 5.02 Å². The zero-order valence-electron chi connectivity index (χ0n) is 9.47. The lowest BCUT2D eigenvalue weighted by Crippen LogP contribution is -2.23. The van der Waals surface area contributed by atoms with E-state index >= 15 is 0 Å². The van der Waals surface area contributed by atoms with Crippen molar-refractivity contribution in [3.8, 4) is 0 Å². The molecule has 0 unspecified atom stereocenters. The smallest absolute Gasteiger partial charge is 0.269 e. The molecule has 1 N–H and O–H groups in total. The topological polar surface area (TPSA) is 51.2 Å². The average molecular weight is 263 g/mol. The minimum Gasteiger partial charge on any atom is -0.269 e. The monoisotopic (exact) mass is 262 g/mol. The predicted molar refractivity (Wildman–Crippen MR) is 67.9 cm³/mol. The van der Waals surface area contributed by atoms with E-state index in [9.17, 15) is 4.79 Å². The van der Waals surface area contributed by atoms with Gasteiger partial charge < -0.3 is 0 Å². The molecule has 0 spiro atoms. The Bertz CT molecular complexity index is 532. The molecule has 1 aromatic carbocycles. The molecule has 0 aliphatic carbocycles. The van der Waals surface area contributed by atoms with Crippen LogP contribution in [0, 0.1) is 0 Å². The Morgan fingerprint density at radius 2 is 2.06 bits per heavy atom. The number of carbonyl (C=O) groups is 1. The van der Waals surface area contributed by atoms with Gasteiger partial charge in [-0.2, -0.15) is 0 Å². The lowest BCUT2D eigenvalue weighted by Gasteiger charge is -2.06. The van der Waals surface area contributed by atoms with Crippen molar-refractivity contribution in [2.75, 3.05) is 0 Å². The van der Waals surface area contributed by atoms with Crippen LogP contribution in [0.25, 0.3) is 0 Å². The van der Waals surface area contributed by atoms with E-state index in [2.05, 4.69) is 10.5 Å². The quantitative estimate of drug-likeness (QED) is 0.862. The number of benzene rings is 1. The Kier molecular flexibility index (Phi) is 4.28. The van der Waals surface area contributed by atoms with Crippen molar-refractivity contribution >= 4 is 17.5 Å². The summed E-state index contributed by atoms with van der Waals surface area (Å²) in [6.45, 7) is 0.301. The summed E-state index contributed by atoms with van der Waals surface area (Å²) in [4.78, 5) is 20.6. The first-order valence-electron chi connectivity index (χ1n) is 5.33. The summed E-state index contributed by atoms with van der Waals surface area (Å²) in [6, 6.07) is 11.1. The first-order valence-corrected chi connectivity index (χ1v) is 5.71. The minimum absolute atomic E-state index is 0.290. The molecule has 0 radical (unpaired) electrons. The van der Waals surface area contributed by atoms with Gasteiger partial charge in [-0.25, -0.2) is 5.48 Å². The lowest BCUT2D eigenvalue weighted by molar-refractivity contribution is 0.0233. The van der Waals surface area contributed by atoms with E-state index in [1.54, 1.807) is 0 Å². The first kappa shape index (κ1) is 12.5. The molecule has 0 atom stereocenters. The number of halogens is 1. The normalized spacial score (nSPS) is 10.1. The molecule has 2 aromatic rings. The van der Waals surface area contributed by atoms with Crippen LogP contribution >= 0.6 is 11.6 Å². The lowest BCUT2D eigenvalue weighted by atomic mass is 10.2. The predicted octanol–water partition coefficient (Wildman–Crippen LogP) is 2.60. The molecular weight excluding hydrogens is 252 g/mol. The van der Waals surface area contributed by atoms with Crippen molar-refractivity contribution in [3.05, 3.63) is 64.9 Å². The Labute approximate surface area is 110 Å². The van der Waals surface area contributed by atoms with Crippen LogP contribution in [0.4, 0.5) is 0 Å². The average Bonchev–Trinajstić information content (AvgIpc) is 2.40.